The van der Waals surface area contributed by atoms with Crippen molar-refractivity contribution in [2.75, 3.05) is 13.1 Å². The molecule has 2 nitrogen and oxygen atoms in total. The summed E-state index contributed by atoms with van der Waals surface area (Å²) >= 11 is 0. The molecule has 0 atom stereocenters. The van der Waals surface area contributed by atoms with Crippen LogP contribution in [0.4, 0.5) is 0 Å². The maximum Gasteiger partial charge on any atom is 0.0577 e. The summed E-state index contributed by atoms with van der Waals surface area (Å²) in [4.78, 5) is 2.53. The molecule has 0 amide bonds. The van der Waals surface area contributed by atoms with E-state index in [4.69, 9.17) is 0 Å². The fourth-order valence-electron chi connectivity index (χ4n) is 3.17. The van der Waals surface area contributed by atoms with Gasteiger partial charge in [0.2, 0.25) is 0 Å². The first-order chi connectivity index (χ1) is 11.1. The SMILES string of the molecule is CC(C)N(CCNC(c1ccccc1)c1ccccc1)C(C)C. The number of nitrogens with zero attached hydrogens (tertiary/aromatic N) is 1. The summed E-state index contributed by atoms with van der Waals surface area (Å²) < 4.78 is 0. The van der Waals surface area contributed by atoms with Gasteiger partial charge >= 0.3 is 0 Å². The summed E-state index contributed by atoms with van der Waals surface area (Å²) in [6.07, 6.45) is 0. The lowest BCUT2D eigenvalue weighted by Crippen LogP contribution is -2.42. The van der Waals surface area contributed by atoms with Crippen LogP contribution in [0.25, 0.3) is 0 Å². The van der Waals surface area contributed by atoms with E-state index in [-0.39, 0.29) is 6.04 Å². The van der Waals surface area contributed by atoms with Crippen LogP contribution in [0.2, 0.25) is 0 Å². The lowest BCUT2D eigenvalue weighted by atomic mass is 9.99. The van der Waals surface area contributed by atoms with Crippen molar-refractivity contribution in [3.8, 4) is 0 Å². The quantitative estimate of drug-likeness (QED) is 0.773. The van der Waals surface area contributed by atoms with E-state index < -0.39 is 0 Å². The third-order valence-corrected chi connectivity index (χ3v) is 4.31. The minimum atomic E-state index is 0.249. The molecule has 124 valence electrons. The van der Waals surface area contributed by atoms with Gasteiger partial charge in [0.1, 0.15) is 0 Å². The summed E-state index contributed by atoms with van der Waals surface area (Å²) in [6.45, 7) is 11.1. The minimum absolute atomic E-state index is 0.249. The molecule has 0 unspecified atom stereocenters. The smallest absolute Gasteiger partial charge is 0.0577 e. The van der Waals surface area contributed by atoms with Gasteiger partial charge < -0.3 is 5.32 Å². The Morgan fingerprint density at radius 3 is 1.57 bits per heavy atom. The van der Waals surface area contributed by atoms with Gasteiger partial charge in [0, 0.05) is 25.2 Å². The van der Waals surface area contributed by atoms with Crippen LogP contribution < -0.4 is 5.32 Å². The second-order valence-corrected chi connectivity index (χ2v) is 6.63. The van der Waals surface area contributed by atoms with E-state index in [1.165, 1.54) is 11.1 Å². The molecule has 0 aliphatic heterocycles. The summed E-state index contributed by atoms with van der Waals surface area (Å²) in [5, 5.41) is 3.75. The molecule has 0 aliphatic carbocycles. The monoisotopic (exact) mass is 310 g/mol. The number of hydrogen-bond acceptors (Lipinski definition) is 2. The van der Waals surface area contributed by atoms with Crippen LogP contribution in [0.5, 0.6) is 0 Å². The molecule has 2 heteroatoms. The van der Waals surface area contributed by atoms with Crippen LogP contribution in [-0.4, -0.2) is 30.1 Å². The number of nitrogens with one attached hydrogen (secondary N) is 1. The average molecular weight is 310 g/mol. The molecular weight excluding hydrogens is 280 g/mol. The lowest BCUT2D eigenvalue weighted by molar-refractivity contribution is 0.175. The Balaban J connectivity index is 2.07. The van der Waals surface area contributed by atoms with Gasteiger partial charge in [-0.1, -0.05) is 60.7 Å². The summed E-state index contributed by atoms with van der Waals surface area (Å²) in [7, 11) is 0. The minimum Gasteiger partial charge on any atom is -0.305 e. The lowest BCUT2D eigenvalue weighted by Gasteiger charge is -2.31. The van der Waals surface area contributed by atoms with E-state index >= 15 is 0 Å². The Bertz CT molecular complexity index is 501. The van der Waals surface area contributed by atoms with E-state index in [9.17, 15) is 0 Å². The normalized spacial score (nSPS) is 11.8. The predicted octanol–water partition coefficient (Wildman–Crippen LogP) is 4.48. The zero-order valence-corrected chi connectivity index (χ0v) is 14.9. The number of hydrogen-bond donors (Lipinski definition) is 1. The van der Waals surface area contributed by atoms with Crippen LogP contribution in [0.1, 0.15) is 44.9 Å². The van der Waals surface area contributed by atoms with E-state index in [0.717, 1.165) is 13.1 Å². The first-order valence-electron chi connectivity index (χ1n) is 8.68. The summed E-state index contributed by atoms with van der Waals surface area (Å²) in [6, 6.07) is 22.8. The molecule has 2 rings (SSSR count). The molecule has 2 aromatic rings. The van der Waals surface area contributed by atoms with Crippen LogP contribution >= 0.6 is 0 Å². The fourth-order valence-corrected chi connectivity index (χ4v) is 3.17. The van der Waals surface area contributed by atoms with Crippen molar-refractivity contribution in [1.82, 2.24) is 10.2 Å². The van der Waals surface area contributed by atoms with Crippen LogP contribution in [0.15, 0.2) is 60.7 Å². The molecule has 0 bridgehead atoms. The zero-order valence-electron chi connectivity index (χ0n) is 14.9. The maximum atomic E-state index is 3.75. The van der Waals surface area contributed by atoms with Gasteiger partial charge in [-0.2, -0.15) is 0 Å². The summed E-state index contributed by atoms with van der Waals surface area (Å²) in [5.74, 6) is 0. The van der Waals surface area contributed by atoms with E-state index in [1.807, 2.05) is 0 Å². The molecular formula is C21H30N2. The largest absolute Gasteiger partial charge is 0.305 e. The van der Waals surface area contributed by atoms with Gasteiger partial charge in [-0.05, 0) is 38.8 Å². The third kappa shape index (κ3) is 5.19. The van der Waals surface area contributed by atoms with Crippen molar-refractivity contribution in [2.45, 2.75) is 45.8 Å². The number of rotatable bonds is 8. The van der Waals surface area contributed by atoms with Gasteiger partial charge in [0.25, 0.3) is 0 Å². The molecule has 1 N–H and O–H groups in total. The maximum absolute atomic E-state index is 3.75. The summed E-state index contributed by atoms with van der Waals surface area (Å²) in [5.41, 5.74) is 2.64. The topological polar surface area (TPSA) is 15.3 Å². The molecule has 0 aliphatic rings. The van der Waals surface area contributed by atoms with Crippen molar-refractivity contribution >= 4 is 0 Å². The second-order valence-electron chi connectivity index (χ2n) is 6.63. The molecule has 23 heavy (non-hydrogen) atoms. The van der Waals surface area contributed by atoms with Crippen LogP contribution in [0, 0.1) is 0 Å². The first kappa shape index (κ1) is 17.7. The molecule has 0 fully saturated rings. The van der Waals surface area contributed by atoms with Crippen molar-refractivity contribution in [3.63, 3.8) is 0 Å². The highest BCUT2D eigenvalue weighted by Crippen LogP contribution is 2.21. The molecule has 0 heterocycles. The standard InChI is InChI=1S/C21H30N2/c1-17(2)23(18(3)4)16-15-22-21(19-11-7-5-8-12-19)20-13-9-6-10-14-20/h5-14,17-18,21-22H,15-16H2,1-4H3. The second kappa shape index (κ2) is 8.85. The van der Waals surface area contributed by atoms with Crippen molar-refractivity contribution in [1.29, 1.82) is 0 Å². The van der Waals surface area contributed by atoms with Crippen molar-refractivity contribution in [3.05, 3.63) is 71.8 Å². The highest BCUT2D eigenvalue weighted by molar-refractivity contribution is 5.31. The number of benzene rings is 2. The van der Waals surface area contributed by atoms with Gasteiger partial charge in [0.15, 0.2) is 0 Å². The molecule has 0 saturated heterocycles. The van der Waals surface area contributed by atoms with Gasteiger partial charge in [-0.3, -0.25) is 4.90 Å². The Labute approximate surface area is 141 Å². The Hall–Kier alpha value is -1.64. The molecule has 0 aromatic heterocycles. The van der Waals surface area contributed by atoms with E-state index in [0.29, 0.717) is 12.1 Å². The van der Waals surface area contributed by atoms with Crippen molar-refractivity contribution < 1.29 is 0 Å². The predicted molar refractivity (Wildman–Crippen MR) is 99.7 cm³/mol. The molecule has 0 saturated carbocycles. The molecule has 0 radical (unpaired) electrons. The first-order valence-corrected chi connectivity index (χ1v) is 8.68. The molecule has 2 aromatic carbocycles. The Kier molecular flexibility index (Phi) is 6.82. The van der Waals surface area contributed by atoms with Crippen LogP contribution in [-0.2, 0) is 0 Å². The van der Waals surface area contributed by atoms with E-state index in [1.54, 1.807) is 0 Å². The molecule has 0 spiro atoms. The van der Waals surface area contributed by atoms with Crippen LogP contribution in [0.3, 0.4) is 0 Å². The van der Waals surface area contributed by atoms with Crippen molar-refractivity contribution in [2.24, 2.45) is 0 Å². The van der Waals surface area contributed by atoms with E-state index in [2.05, 4.69) is 98.6 Å². The van der Waals surface area contributed by atoms with Gasteiger partial charge in [-0.25, -0.2) is 0 Å². The van der Waals surface area contributed by atoms with Gasteiger partial charge in [0.05, 0.1) is 6.04 Å². The Morgan fingerprint density at radius 1 is 0.739 bits per heavy atom. The fraction of sp³-hybridized carbons (Fsp3) is 0.429. The average Bonchev–Trinajstić information content (AvgIpc) is 2.56. The third-order valence-electron chi connectivity index (χ3n) is 4.31. The Morgan fingerprint density at radius 2 is 1.17 bits per heavy atom. The highest BCUT2D eigenvalue weighted by atomic mass is 15.2. The van der Waals surface area contributed by atoms with Gasteiger partial charge in [-0.15, -0.1) is 0 Å². The zero-order chi connectivity index (χ0) is 16.7. The highest BCUT2D eigenvalue weighted by Gasteiger charge is 2.16.